The van der Waals surface area contributed by atoms with Crippen LogP contribution in [0.3, 0.4) is 0 Å². The summed E-state index contributed by atoms with van der Waals surface area (Å²) in [6.07, 6.45) is 3.00. The standard InChI is InChI=1S/C19H41NO4S/c1-11-16(12-2)23-14-17(24-15(3)18(4,5)6)13-20(19(7,8)9)25(10,21)22/h15-17H,11-14H2,1-10H3. The number of hydrogen-bond acceptors (Lipinski definition) is 4. The molecule has 0 radical (unpaired) electrons. The normalized spacial score (nSPS) is 16.5. The maximum absolute atomic E-state index is 12.3. The third-order valence-electron chi connectivity index (χ3n) is 4.56. The van der Waals surface area contributed by atoms with Gasteiger partial charge in [-0.1, -0.05) is 34.6 Å². The van der Waals surface area contributed by atoms with E-state index in [1.807, 2.05) is 27.7 Å². The number of hydrogen-bond donors (Lipinski definition) is 0. The van der Waals surface area contributed by atoms with E-state index in [9.17, 15) is 8.42 Å². The minimum atomic E-state index is -3.34. The summed E-state index contributed by atoms with van der Waals surface area (Å²) in [5.74, 6) is 0. The molecule has 0 amide bonds. The average molecular weight is 380 g/mol. The number of sulfonamides is 1. The van der Waals surface area contributed by atoms with Gasteiger partial charge in [-0.25, -0.2) is 8.42 Å². The summed E-state index contributed by atoms with van der Waals surface area (Å²) in [5, 5.41) is 0. The second-order valence-electron chi connectivity index (χ2n) is 9.00. The highest BCUT2D eigenvalue weighted by atomic mass is 32.2. The molecule has 0 spiro atoms. The zero-order valence-electron chi connectivity index (χ0n) is 18.0. The molecule has 152 valence electrons. The van der Waals surface area contributed by atoms with Crippen LogP contribution in [0.15, 0.2) is 0 Å². The van der Waals surface area contributed by atoms with E-state index in [-0.39, 0.29) is 23.7 Å². The second-order valence-corrected chi connectivity index (χ2v) is 10.9. The van der Waals surface area contributed by atoms with E-state index in [1.165, 1.54) is 10.6 Å². The number of nitrogens with zero attached hydrogens (tertiary/aromatic N) is 1. The Balaban J connectivity index is 5.34. The van der Waals surface area contributed by atoms with E-state index in [4.69, 9.17) is 9.47 Å². The molecule has 0 saturated heterocycles. The Bertz CT molecular complexity index is 473. The lowest BCUT2D eigenvalue weighted by molar-refractivity contribution is -0.107. The lowest BCUT2D eigenvalue weighted by Crippen LogP contribution is -2.51. The van der Waals surface area contributed by atoms with Crippen molar-refractivity contribution in [2.75, 3.05) is 19.4 Å². The van der Waals surface area contributed by atoms with E-state index in [0.717, 1.165) is 12.8 Å². The van der Waals surface area contributed by atoms with E-state index >= 15 is 0 Å². The predicted molar refractivity (Wildman–Crippen MR) is 105 cm³/mol. The molecule has 0 aliphatic rings. The maximum Gasteiger partial charge on any atom is 0.211 e. The first kappa shape index (κ1) is 24.8. The smallest absolute Gasteiger partial charge is 0.211 e. The van der Waals surface area contributed by atoms with Crippen LogP contribution in [0, 0.1) is 5.41 Å². The lowest BCUT2D eigenvalue weighted by atomic mass is 9.90. The molecule has 0 saturated carbocycles. The molecule has 0 aromatic rings. The Hall–Kier alpha value is -0.170. The molecule has 0 N–H and O–H groups in total. The largest absolute Gasteiger partial charge is 0.375 e. The van der Waals surface area contributed by atoms with Crippen molar-refractivity contribution in [2.24, 2.45) is 5.41 Å². The van der Waals surface area contributed by atoms with Gasteiger partial charge in [-0.3, -0.25) is 0 Å². The van der Waals surface area contributed by atoms with E-state index in [0.29, 0.717) is 13.2 Å². The molecule has 0 aliphatic heterocycles. The van der Waals surface area contributed by atoms with Crippen molar-refractivity contribution in [1.29, 1.82) is 0 Å². The van der Waals surface area contributed by atoms with E-state index < -0.39 is 15.6 Å². The first-order valence-corrected chi connectivity index (χ1v) is 11.2. The molecule has 0 rings (SSSR count). The fraction of sp³-hybridized carbons (Fsp3) is 1.00. The molecule has 0 aliphatic carbocycles. The summed E-state index contributed by atoms with van der Waals surface area (Å²) >= 11 is 0. The third kappa shape index (κ3) is 9.36. The van der Waals surface area contributed by atoms with Gasteiger partial charge in [-0.15, -0.1) is 0 Å². The van der Waals surface area contributed by atoms with Crippen molar-refractivity contribution < 1.29 is 17.9 Å². The summed E-state index contributed by atoms with van der Waals surface area (Å²) in [6, 6.07) is 0. The molecule has 0 fully saturated rings. The van der Waals surface area contributed by atoms with Crippen LogP contribution in [0.4, 0.5) is 0 Å². The van der Waals surface area contributed by atoms with E-state index in [2.05, 4.69) is 34.6 Å². The molecule has 6 heteroatoms. The lowest BCUT2D eigenvalue weighted by Gasteiger charge is -2.38. The van der Waals surface area contributed by atoms with Crippen LogP contribution in [-0.2, 0) is 19.5 Å². The summed E-state index contributed by atoms with van der Waals surface area (Å²) in [7, 11) is -3.34. The zero-order valence-corrected chi connectivity index (χ0v) is 18.9. The van der Waals surface area contributed by atoms with Crippen molar-refractivity contribution in [2.45, 2.75) is 99.0 Å². The van der Waals surface area contributed by atoms with Crippen LogP contribution in [0.5, 0.6) is 0 Å². The fourth-order valence-corrected chi connectivity index (χ4v) is 3.92. The number of rotatable bonds is 10. The topological polar surface area (TPSA) is 55.8 Å². The highest BCUT2D eigenvalue weighted by Gasteiger charge is 2.34. The quantitative estimate of drug-likeness (QED) is 0.574. The first-order valence-electron chi connectivity index (χ1n) is 9.37. The van der Waals surface area contributed by atoms with Crippen molar-refractivity contribution in [1.82, 2.24) is 4.31 Å². The van der Waals surface area contributed by atoms with Gasteiger partial charge in [0.25, 0.3) is 0 Å². The van der Waals surface area contributed by atoms with Gasteiger partial charge >= 0.3 is 0 Å². The minimum absolute atomic E-state index is 0.0100. The van der Waals surface area contributed by atoms with Crippen LogP contribution in [0.25, 0.3) is 0 Å². The summed E-state index contributed by atoms with van der Waals surface area (Å²) in [5.41, 5.74) is -0.528. The zero-order chi connectivity index (χ0) is 20.1. The van der Waals surface area contributed by atoms with Gasteiger partial charge in [0.2, 0.25) is 10.0 Å². The van der Waals surface area contributed by atoms with Gasteiger partial charge in [-0.05, 0) is 46.0 Å². The molecule has 0 bridgehead atoms. The van der Waals surface area contributed by atoms with Gasteiger partial charge in [0.15, 0.2) is 0 Å². The Morgan fingerprint density at radius 2 is 1.44 bits per heavy atom. The molecule has 2 atom stereocenters. The number of ether oxygens (including phenoxy) is 2. The molecule has 0 aromatic carbocycles. The molecule has 0 aromatic heterocycles. The first-order chi connectivity index (χ1) is 11.1. The minimum Gasteiger partial charge on any atom is -0.375 e. The van der Waals surface area contributed by atoms with Gasteiger partial charge in [0, 0.05) is 12.1 Å². The van der Waals surface area contributed by atoms with Gasteiger partial charge in [0.1, 0.15) is 0 Å². The average Bonchev–Trinajstić information content (AvgIpc) is 2.41. The predicted octanol–water partition coefficient (Wildman–Crippen LogP) is 4.07. The van der Waals surface area contributed by atoms with Gasteiger partial charge in [-0.2, -0.15) is 4.31 Å². The van der Waals surface area contributed by atoms with Gasteiger partial charge in [0.05, 0.1) is 31.2 Å². The Kier molecular flexibility index (Phi) is 9.61. The van der Waals surface area contributed by atoms with Crippen LogP contribution in [0.2, 0.25) is 0 Å². The summed E-state index contributed by atoms with van der Waals surface area (Å²) in [6.45, 7) is 19.0. The van der Waals surface area contributed by atoms with Crippen molar-refractivity contribution in [3.8, 4) is 0 Å². The van der Waals surface area contributed by atoms with Gasteiger partial charge < -0.3 is 9.47 Å². The highest BCUT2D eigenvalue weighted by Crippen LogP contribution is 2.25. The third-order valence-corrected chi connectivity index (χ3v) is 6.06. The molecular weight excluding hydrogens is 338 g/mol. The van der Waals surface area contributed by atoms with Crippen molar-refractivity contribution in [3.05, 3.63) is 0 Å². The van der Waals surface area contributed by atoms with E-state index in [1.54, 1.807) is 0 Å². The monoisotopic (exact) mass is 379 g/mol. The molecule has 25 heavy (non-hydrogen) atoms. The van der Waals surface area contributed by atoms with Crippen LogP contribution in [-0.4, -0.2) is 56.0 Å². The van der Waals surface area contributed by atoms with Crippen LogP contribution in [0.1, 0.15) is 75.2 Å². The molecule has 0 heterocycles. The Labute approximate surface area is 156 Å². The van der Waals surface area contributed by atoms with Crippen molar-refractivity contribution in [3.63, 3.8) is 0 Å². The van der Waals surface area contributed by atoms with Crippen LogP contribution < -0.4 is 0 Å². The Morgan fingerprint density at radius 3 is 1.76 bits per heavy atom. The summed E-state index contributed by atoms with van der Waals surface area (Å²) < 4.78 is 38.3. The van der Waals surface area contributed by atoms with Crippen LogP contribution >= 0.6 is 0 Å². The Morgan fingerprint density at radius 1 is 0.960 bits per heavy atom. The SMILES string of the molecule is CCC(CC)OCC(CN(C(C)(C)C)S(C)(=O)=O)OC(C)C(C)(C)C. The molecule has 5 nitrogen and oxygen atoms in total. The fourth-order valence-electron chi connectivity index (χ4n) is 2.49. The molecule has 2 unspecified atom stereocenters. The maximum atomic E-state index is 12.3. The summed E-state index contributed by atoms with van der Waals surface area (Å²) in [4.78, 5) is 0. The highest BCUT2D eigenvalue weighted by molar-refractivity contribution is 7.88. The van der Waals surface area contributed by atoms with Crippen molar-refractivity contribution >= 4 is 10.0 Å². The molecular formula is C19H41NO4S. The second kappa shape index (κ2) is 9.67.